The van der Waals surface area contributed by atoms with Gasteiger partial charge in [0.25, 0.3) is 0 Å². The van der Waals surface area contributed by atoms with Crippen LogP contribution in [0.4, 0.5) is 0 Å². The standard InChI is InChI=1S/C10H10O6/c1-5(11)10(15)16-8-4-6(12)2-3-7(8)9(13)14/h2-5,11-12H,1H3,(H,13,14). The molecule has 0 saturated carbocycles. The maximum Gasteiger partial charge on any atom is 0.340 e. The summed E-state index contributed by atoms with van der Waals surface area (Å²) in [6.07, 6.45) is -1.37. The molecule has 1 aromatic rings. The first-order valence-electron chi connectivity index (χ1n) is 4.38. The highest BCUT2D eigenvalue weighted by atomic mass is 16.5. The smallest absolute Gasteiger partial charge is 0.340 e. The van der Waals surface area contributed by atoms with Crippen molar-refractivity contribution in [3.05, 3.63) is 23.8 Å². The van der Waals surface area contributed by atoms with Gasteiger partial charge in [-0.05, 0) is 19.1 Å². The third-order valence-electron chi connectivity index (χ3n) is 1.75. The summed E-state index contributed by atoms with van der Waals surface area (Å²) >= 11 is 0. The van der Waals surface area contributed by atoms with Crippen molar-refractivity contribution >= 4 is 11.9 Å². The number of aromatic hydroxyl groups is 1. The van der Waals surface area contributed by atoms with Crippen molar-refractivity contribution in [2.75, 3.05) is 0 Å². The largest absolute Gasteiger partial charge is 0.508 e. The number of carboxylic acids is 1. The van der Waals surface area contributed by atoms with E-state index in [1.807, 2.05) is 0 Å². The van der Waals surface area contributed by atoms with Crippen molar-refractivity contribution < 1.29 is 29.6 Å². The third kappa shape index (κ3) is 2.71. The molecule has 86 valence electrons. The maximum atomic E-state index is 11.1. The van der Waals surface area contributed by atoms with E-state index in [9.17, 15) is 9.59 Å². The summed E-state index contributed by atoms with van der Waals surface area (Å²) in [5.41, 5.74) is -0.271. The molecule has 0 saturated heterocycles. The van der Waals surface area contributed by atoms with Crippen LogP contribution in [0.25, 0.3) is 0 Å². The Hall–Kier alpha value is -2.08. The van der Waals surface area contributed by atoms with Gasteiger partial charge in [0.15, 0.2) is 0 Å². The summed E-state index contributed by atoms with van der Waals surface area (Å²) in [5, 5.41) is 26.8. The van der Waals surface area contributed by atoms with Crippen molar-refractivity contribution in [1.82, 2.24) is 0 Å². The van der Waals surface area contributed by atoms with Crippen molar-refractivity contribution in [3.63, 3.8) is 0 Å². The highest BCUT2D eigenvalue weighted by Crippen LogP contribution is 2.24. The number of hydrogen-bond donors (Lipinski definition) is 3. The van der Waals surface area contributed by atoms with E-state index in [1.165, 1.54) is 6.92 Å². The second kappa shape index (κ2) is 4.63. The summed E-state index contributed by atoms with van der Waals surface area (Å²) in [5.74, 6) is -2.83. The van der Waals surface area contributed by atoms with Crippen LogP contribution >= 0.6 is 0 Å². The molecule has 1 rings (SSSR count). The van der Waals surface area contributed by atoms with Crippen molar-refractivity contribution in [3.8, 4) is 11.5 Å². The molecule has 1 aromatic carbocycles. The van der Waals surface area contributed by atoms with E-state index in [1.54, 1.807) is 0 Å². The van der Waals surface area contributed by atoms with Gasteiger partial charge in [-0.3, -0.25) is 0 Å². The second-order valence-corrected chi connectivity index (χ2v) is 3.08. The van der Waals surface area contributed by atoms with Crippen LogP contribution in [0.3, 0.4) is 0 Å². The minimum Gasteiger partial charge on any atom is -0.508 e. The Kier molecular flexibility index (Phi) is 3.47. The number of rotatable bonds is 3. The minimum atomic E-state index is -1.37. The molecular formula is C10H10O6. The molecule has 6 nitrogen and oxygen atoms in total. The van der Waals surface area contributed by atoms with Gasteiger partial charge in [0.1, 0.15) is 23.2 Å². The molecule has 0 aromatic heterocycles. The summed E-state index contributed by atoms with van der Waals surface area (Å²) in [6.45, 7) is 1.19. The van der Waals surface area contributed by atoms with Crippen molar-refractivity contribution in [1.29, 1.82) is 0 Å². The van der Waals surface area contributed by atoms with Gasteiger partial charge >= 0.3 is 11.9 Å². The predicted octanol–water partition coefficient (Wildman–Crippen LogP) is 0.377. The molecule has 1 atom stereocenters. The highest BCUT2D eigenvalue weighted by Gasteiger charge is 2.17. The van der Waals surface area contributed by atoms with Crippen LogP contribution in [0.15, 0.2) is 18.2 Å². The van der Waals surface area contributed by atoms with Gasteiger partial charge in [-0.15, -0.1) is 0 Å². The second-order valence-electron chi connectivity index (χ2n) is 3.08. The molecule has 1 unspecified atom stereocenters. The summed E-state index contributed by atoms with van der Waals surface area (Å²) < 4.78 is 4.62. The van der Waals surface area contributed by atoms with Crippen LogP contribution in [0, 0.1) is 0 Å². The van der Waals surface area contributed by atoms with Crippen LogP contribution in [0.1, 0.15) is 17.3 Å². The van der Waals surface area contributed by atoms with E-state index in [2.05, 4.69) is 4.74 Å². The van der Waals surface area contributed by atoms with Gasteiger partial charge in [0.2, 0.25) is 0 Å². The molecule has 0 aliphatic carbocycles. The molecule has 0 heterocycles. The lowest BCUT2D eigenvalue weighted by atomic mass is 10.2. The monoisotopic (exact) mass is 226 g/mol. The molecular weight excluding hydrogens is 216 g/mol. The predicted molar refractivity (Wildman–Crippen MR) is 52.4 cm³/mol. The Morgan fingerprint density at radius 1 is 1.38 bits per heavy atom. The number of benzene rings is 1. The molecule has 16 heavy (non-hydrogen) atoms. The topological polar surface area (TPSA) is 104 Å². The Bertz CT molecular complexity index is 423. The number of phenols is 1. The fourth-order valence-corrected chi connectivity index (χ4v) is 0.966. The lowest BCUT2D eigenvalue weighted by Gasteiger charge is -2.08. The first-order chi connectivity index (χ1) is 7.41. The molecule has 0 aliphatic rings. The normalized spacial score (nSPS) is 11.9. The zero-order chi connectivity index (χ0) is 12.3. The lowest BCUT2D eigenvalue weighted by Crippen LogP contribution is -2.23. The Morgan fingerprint density at radius 3 is 2.50 bits per heavy atom. The van der Waals surface area contributed by atoms with E-state index >= 15 is 0 Å². The number of ether oxygens (including phenoxy) is 1. The summed E-state index contributed by atoms with van der Waals surface area (Å²) in [4.78, 5) is 21.8. The van der Waals surface area contributed by atoms with Crippen LogP contribution in [0.5, 0.6) is 11.5 Å². The van der Waals surface area contributed by atoms with E-state index in [4.69, 9.17) is 15.3 Å². The Morgan fingerprint density at radius 2 is 2.00 bits per heavy atom. The van der Waals surface area contributed by atoms with E-state index in [0.29, 0.717) is 0 Å². The zero-order valence-corrected chi connectivity index (χ0v) is 8.38. The molecule has 3 N–H and O–H groups in total. The molecule has 0 fully saturated rings. The van der Waals surface area contributed by atoms with Crippen LogP contribution in [-0.4, -0.2) is 33.4 Å². The van der Waals surface area contributed by atoms with Crippen LogP contribution < -0.4 is 4.74 Å². The summed E-state index contributed by atoms with van der Waals surface area (Å²) in [7, 11) is 0. The van der Waals surface area contributed by atoms with E-state index in [-0.39, 0.29) is 17.1 Å². The number of aliphatic hydroxyl groups is 1. The number of phenolic OH excluding ortho intramolecular Hbond substituents is 1. The average molecular weight is 226 g/mol. The number of aromatic carboxylic acids is 1. The van der Waals surface area contributed by atoms with Gasteiger partial charge in [-0.25, -0.2) is 9.59 Å². The summed E-state index contributed by atoms with van der Waals surface area (Å²) in [6, 6.07) is 3.25. The zero-order valence-electron chi connectivity index (χ0n) is 8.38. The minimum absolute atomic E-state index is 0.238. The Balaban J connectivity index is 3.06. The number of carbonyl (C=O) groups is 2. The first-order valence-corrected chi connectivity index (χ1v) is 4.38. The van der Waals surface area contributed by atoms with Crippen LogP contribution in [0.2, 0.25) is 0 Å². The van der Waals surface area contributed by atoms with E-state index in [0.717, 1.165) is 18.2 Å². The number of esters is 1. The van der Waals surface area contributed by atoms with Gasteiger partial charge in [0, 0.05) is 6.07 Å². The number of aliphatic hydroxyl groups excluding tert-OH is 1. The first kappa shape index (κ1) is 12.0. The quantitative estimate of drug-likeness (QED) is 0.508. The molecule has 0 bridgehead atoms. The molecule has 0 radical (unpaired) electrons. The van der Waals surface area contributed by atoms with E-state index < -0.39 is 18.0 Å². The van der Waals surface area contributed by atoms with Crippen molar-refractivity contribution in [2.45, 2.75) is 13.0 Å². The van der Waals surface area contributed by atoms with Crippen LogP contribution in [-0.2, 0) is 4.79 Å². The molecule has 0 spiro atoms. The van der Waals surface area contributed by atoms with Gasteiger partial charge in [-0.2, -0.15) is 0 Å². The molecule has 6 heteroatoms. The number of hydrogen-bond acceptors (Lipinski definition) is 5. The molecule has 0 aliphatic heterocycles. The average Bonchev–Trinajstić information content (AvgIpc) is 2.16. The maximum absolute atomic E-state index is 11.1. The number of carboxylic acid groups (broad SMARTS) is 1. The highest BCUT2D eigenvalue weighted by molar-refractivity contribution is 5.92. The fraction of sp³-hybridized carbons (Fsp3) is 0.200. The van der Waals surface area contributed by atoms with Gasteiger partial charge < -0.3 is 20.1 Å². The SMILES string of the molecule is CC(O)C(=O)Oc1cc(O)ccc1C(=O)O. The van der Waals surface area contributed by atoms with Gasteiger partial charge in [0.05, 0.1) is 0 Å². The fourth-order valence-electron chi connectivity index (χ4n) is 0.966. The third-order valence-corrected chi connectivity index (χ3v) is 1.75. The lowest BCUT2D eigenvalue weighted by molar-refractivity contribution is -0.142. The van der Waals surface area contributed by atoms with Gasteiger partial charge in [-0.1, -0.05) is 0 Å². The van der Waals surface area contributed by atoms with Crippen molar-refractivity contribution in [2.24, 2.45) is 0 Å². The number of carbonyl (C=O) groups excluding carboxylic acids is 1. The Labute approximate surface area is 90.7 Å². The molecule has 0 amide bonds.